The normalized spacial score (nSPS) is 25.6. The molecule has 1 aliphatic carbocycles. The van der Waals surface area contributed by atoms with Crippen LogP contribution in [-0.4, -0.2) is 34.7 Å². The van der Waals surface area contributed by atoms with Crippen molar-refractivity contribution < 1.29 is 5.11 Å². The van der Waals surface area contributed by atoms with Crippen molar-refractivity contribution in [2.75, 3.05) is 13.6 Å². The summed E-state index contributed by atoms with van der Waals surface area (Å²) in [5.41, 5.74) is 1.17. The zero-order chi connectivity index (χ0) is 10.8. The van der Waals surface area contributed by atoms with E-state index in [9.17, 15) is 5.11 Å². The molecule has 1 aliphatic rings. The second kappa shape index (κ2) is 4.60. The van der Waals surface area contributed by atoms with Gasteiger partial charge < -0.3 is 10.0 Å². The van der Waals surface area contributed by atoms with Crippen LogP contribution in [0, 0.1) is 12.8 Å². The lowest BCUT2D eigenvalue weighted by Crippen LogP contribution is -2.36. The first kappa shape index (κ1) is 11.0. The van der Waals surface area contributed by atoms with Crippen molar-refractivity contribution in [3.8, 4) is 0 Å². The molecule has 0 spiro atoms. The van der Waals surface area contributed by atoms with Gasteiger partial charge >= 0.3 is 0 Å². The van der Waals surface area contributed by atoms with E-state index in [0.717, 1.165) is 30.9 Å². The second-order valence-corrected chi connectivity index (χ2v) is 5.61. The first-order valence-corrected chi connectivity index (χ1v) is 6.29. The van der Waals surface area contributed by atoms with Gasteiger partial charge in [0.15, 0.2) is 0 Å². The fourth-order valence-corrected chi connectivity index (χ4v) is 2.72. The van der Waals surface area contributed by atoms with Gasteiger partial charge in [0.05, 0.1) is 16.8 Å². The van der Waals surface area contributed by atoms with Gasteiger partial charge in [-0.3, -0.25) is 0 Å². The van der Waals surface area contributed by atoms with E-state index in [-0.39, 0.29) is 6.10 Å². The van der Waals surface area contributed by atoms with E-state index in [1.807, 2.05) is 6.92 Å². The number of hydrogen-bond donors (Lipinski definition) is 1. The van der Waals surface area contributed by atoms with Crippen molar-refractivity contribution in [3.05, 3.63) is 16.1 Å². The molecule has 84 valence electrons. The number of aromatic nitrogens is 1. The van der Waals surface area contributed by atoms with Gasteiger partial charge in [0.1, 0.15) is 0 Å². The van der Waals surface area contributed by atoms with Gasteiger partial charge in [-0.2, -0.15) is 0 Å². The molecule has 0 aliphatic heterocycles. The van der Waals surface area contributed by atoms with Crippen molar-refractivity contribution in [3.63, 3.8) is 0 Å². The molecule has 0 aromatic carbocycles. The lowest BCUT2D eigenvalue weighted by atomic mass is 9.82. The zero-order valence-corrected chi connectivity index (χ0v) is 10.1. The van der Waals surface area contributed by atoms with E-state index in [1.165, 1.54) is 5.69 Å². The van der Waals surface area contributed by atoms with E-state index in [1.54, 1.807) is 11.3 Å². The maximum atomic E-state index is 9.20. The average molecular weight is 226 g/mol. The summed E-state index contributed by atoms with van der Waals surface area (Å²) >= 11 is 1.71. The maximum Gasteiger partial charge on any atom is 0.0897 e. The van der Waals surface area contributed by atoms with Crippen molar-refractivity contribution in [2.45, 2.75) is 32.4 Å². The SMILES string of the molecule is Cc1nc(CN(C)CC2CC(O)C2)cs1. The van der Waals surface area contributed by atoms with Crippen LogP contribution in [0.25, 0.3) is 0 Å². The predicted molar refractivity (Wildman–Crippen MR) is 61.9 cm³/mol. The highest BCUT2D eigenvalue weighted by atomic mass is 32.1. The first-order chi connectivity index (χ1) is 7.13. The van der Waals surface area contributed by atoms with Crippen molar-refractivity contribution >= 4 is 11.3 Å². The summed E-state index contributed by atoms with van der Waals surface area (Å²) in [5.74, 6) is 0.685. The van der Waals surface area contributed by atoms with Crippen LogP contribution in [0.5, 0.6) is 0 Å². The van der Waals surface area contributed by atoms with Gasteiger partial charge in [-0.1, -0.05) is 0 Å². The van der Waals surface area contributed by atoms with E-state index in [2.05, 4.69) is 22.3 Å². The summed E-state index contributed by atoms with van der Waals surface area (Å²) in [6.45, 7) is 4.04. The van der Waals surface area contributed by atoms with Crippen LogP contribution >= 0.6 is 11.3 Å². The highest BCUT2D eigenvalue weighted by molar-refractivity contribution is 7.09. The number of rotatable bonds is 4. The van der Waals surface area contributed by atoms with Crippen LogP contribution in [0.15, 0.2) is 5.38 Å². The van der Waals surface area contributed by atoms with E-state index in [4.69, 9.17) is 0 Å². The number of hydrogen-bond acceptors (Lipinski definition) is 4. The third kappa shape index (κ3) is 3.00. The molecule has 15 heavy (non-hydrogen) atoms. The Kier molecular flexibility index (Phi) is 3.38. The molecule has 0 saturated heterocycles. The van der Waals surface area contributed by atoms with Crippen molar-refractivity contribution in [2.24, 2.45) is 5.92 Å². The zero-order valence-electron chi connectivity index (χ0n) is 9.31. The summed E-state index contributed by atoms with van der Waals surface area (Å²) in [4.78, 5) is 6.74. The highest BCUT2D eigenvalue weighted by Crippen LogP contribution is 2.27. The van der Waals surface area contributed by atoms with E-state index < -0.39 is 0 Å². The minimum atomic E-state index is -0.0371. The predicted octanol–water partition coefficient (Wildman–Crippen LogP) is 1.65. The van der Waals surface area contributed by atoms with Crippen LogP contribution in [-0.2, 0) is 6.54 Å². The lowest BCUT2D eigenvalue weighted by Gasteiger charge is -2.34. The maximum absolute atomic E-state index is 9.20. The molecule has 0 unspecified atom stereocenters. The molecule has 1 aromatic heterocycles. The molecule has 1 fully saturated rings. The molecule has 1 heterocycles. The van der Waals surface area contributed by atoms with Gasteiger partial charge in [0.25, 0.3) is 0 Å². The largest absolute Gasteiger partial charge is 0.393 e. The highest BCUT2D eigenvalue weighted by Gasteiger charge is 2.27. The molecular weight excluding hydrogens is 208 g/mol. The van der Waals surface area contributed by atoms with E-state index in [0.29, 0.717) is 5.92 Å². The number of aryl methyl sites for hydroxylation is 1. The Hall–Kier alpha value is -0.450. The van der Waals surface area contributed by atoms with Crippen molar-refractivity contribution in [1.29, 1.82) is 0 Å². The van der Waals surface area contributed by atoms with Crippen molar-refractivity contribution in [1.82, 2.24) is 9.88 Å². The van der Waals surface area contributed by atoms with Crippen LogP contribution in [0.4, 0.5) is 0 Å². The van der Waals surface area contributed by atoms with Gasteiger partial charge in [0.2, 0.25) is 0 Å². The molecule has 1 saturated carbocycles. The smallest absolute Gasteiger partial charge is 0.0897 e. The lowest BCUT2D eigenvalue weighted by molar-refractivity contribution is 0.0272. The molecule has 4 heteroatoms. The Labute approximate surface area is 94.8 Å². The number of nitrogens with zero attached hydrogens (tertiary/aromatic N) is 2. The number of thiazole rings is 1. The summed E-state index contributed by atoms with van der Waals surface area (Å²) in [6, 6.07) is 0. The molecule has 0 radical (unpaired) electrons. The molecule has 1 aromatic rings. The monoisotopic (exact) mass is 226 g/mol. The fourth-order valence-electron chi connectivity index (χ4n) is 2.11. The summed E-state index contributed by atoms with van der Waals surface area (Å²) in [7, 11) is 2.12. The average Bonchev–Trinajstić information content (AvgIpc) is 2.48. The van der Waals surface area contributed by atoms with Crippen LogP contribution in [0.1, 0.15) is 23.5 Å². The summed E-state index contributed by atoms with van der Waals surface area (Å²) in [5, 5.41) is 12.5. The molecule has 2 rings (SSSR count). The Morgan fingerprint density at radius 1 is 1.60 bits per heavy atom. The molecule has 3 nitrogen and oxygen atoms in total. The molecule has 1 N–H and O–H groups in total. The topological polar surface area (TPSA) is 36.4 Å². The quantitative estimate of drug-likeness (QED) is 0.848. The number of aliphatic hydroxyl groups is 1. The third-order valence-corrected chi connectivity index (χ3v) is 3.70. The minimum Gasteiger partial charge on any atom is -0.393 e. The van der Waals surface area contributed by atoms with E-state index >= 15 is 0 Å². The molecule has 0 bridgehead atoms. The van der Waals surface area contributed by atoms with Gasteiger partial charge in [-0.15, -0.1) is 11.3 Å². The second-order valence-electron chi connectivity index (χ2n) is 4.55. The standard InChI is InChI=1S/C11H18N2OS/c1-8-12-10(7-15-8)6-13(2)5-9-3-11(14)4-9/h7,9,11,14H,3-6H2,1-2H3. The molecule has 0 amide bonds. The first-order valence-electron chi connectivity index (χ1n) is 5.41. The third-order valence-electron chi connectivity index (χ3n) is 2.88. The summed E-state index contributed by atoms with van der Waals surface area (Å²) < 4.78 is 0. The molecule has 0 atom stereocenters. The Morgan fingerprint density at radius 3 is 2.87 bits per heavy atom. The van der Waals surface area contributed by atoms with Gasteiger partial charge in [-0.25, -0.2) is 4.98 Å². The van der Waals surface area contributed by atoms with Crippen LogP contribution in [0.2, 0.25) is 0 Å². The van der Waals surface area contributed by atoms with Gasteiger partial charge in [-0.05, 0) is 32.7 Å². The minimum absolute atomic E-state index is 0.0371. The van der Waals surface area contributed by atoms with Crippen LogP contribution in [0.3, 0.4) is 0 Å². The summed E-state index contributed by atoms with van der Waals surface area (Å²) in [6.07, 6.45) is 1.91. The Balaban J connectivity index is 1.75. The fraction of sp³-hybridized carbons (Fsp3) is 0.727. The molecular formula is C11H18N2OS. The van der Waals surface area contributed by atoms with Crippen LogP contribution < -0.4 is 0 Å². The number of aliphatic hydroxyl groups excluding tert-OH is 1. The van der Waals surface area contributed by atoms with Gasteiger partial charge in [0, 0.05) is 18.5 Å². The Morgan fingerprint density at radius 2 is 2.33 bits per heavy atom. The Bertz CT molecular complexity index is 320.